The molecule has 1 atom stereocenters. The second-order valence-electron chi connectivity index (χ2n) is 11.4. The number of nitriles is 1. The van der Waals surface area contributed by atoms with Gasteiger partial charge in [0.2, 0.25) is 0 Å². The molecule has 0 unspecified atom stereocenters. The van der Waals surface area contributed by atoms with Crippen molar-refractivity contribution >= 4 is 28.9 Å². The van der Waals surface area contributed by atoms with Crippen LogP contribution in [0.2, 0.25) is 0 Å². The number of ether oxygens (including phenoxy) is 1. The van der Waals surface area contributed by atoms with Crippen molar-refractivity contribution in [2.45, 2.75) is 44.0 Å². The SMILES string of the molecule is CC(C)(O)[C@H](F)CNC(=O)c1cnc(-c2ccc3cc(C#N)cnn23)cc1Nc1ccc(C2(N3CCOC3=O)CC2)cc1. The van der Waals surface area contributed by atoms with Crippen LogP contribution in [0.15, 0.2) is 60.9 Å². The van der Waals surface area contributed by atoms with Gasteiger partial charge in [-0.15, -0.1) is 0 Å². The van der Waals surface area contributed by atoms with Gasteiger partial charge < -0.3 is 20.5 Å². The van der Waals surface area contributed by atoms with E-state index in [1.165, 1.54) is 26.2 Å². The van der Waals surface area contributed by atoms with Gasteiger partial charge in [-0.3, -0.25) is 14.7 Å². The third kappa shape index (κ3) is 5.35. The van der Waals surface area contributed by atoms with Crippen LogP contribution in [-0.4, -0.2) is 68.1 Å². The Hall–Kier alpha value is -5.02. The summed E-state index contributed by atoms with van der Waals surface area (Å²) in [5.74, 6) is -0.564. The first-order valence-electron chi connectivity index (χ1n) is 13.9. The van der Waals surface area contributed by atoms with Gasteiger partial charge in [0.1, 0.15) is 18.8 Å². The number of aromatic nitrogens is 3. The topological polar surface area (TPSA) is 145 Å². The molecule has 220 valence electrons. The van der Waals surface area contributed by atoms with Crippen molar-refractivity contribution in [3.8, 4) is 17.5 Å². The zero-order chi connectivity index (χ0) is 30.4. The standard InChI is InChI=1S/C31H30FN7O4/c1-30(2,42)27(32)18-35-28(40)23-17-34-25(26-8-7-22-13-19(15-33)16-36-39(22)26)14-24(23)37-21-5-3-20(4-6-21)31(9-10-31)38-11-12-43-29(38)41/h3-8,13-14,16-17,27,42H,9-12,18H2,1-2H3,(H,34,37)(H,35,40)/t27-/m1/s1. The molecule has 2 fully saturated rings. The van der Waals surface area contributed by atoms with Crippen LogP contribution in [0, 0.1) is 11.3 Å². The lowest BCUT2D eigenvalue weighted by atomic mass is 10.0. The van der Waals surface area contributed by atoms with Gasteiger partial charge >= 0.3 is 6.09 Å². The monoisotopic (exact) mass is 583 g/mol. The highest BCUT2D eigenvalue weighted by Gasteiger charge is 2.53. The van der Waals surface area contributed by atoms with Crippen LogP contribution in [0.3, 0.4) is 0 Å². The number of halogens is 1. The highest BCUT2D eigenvalue weighted by atomic mass is 19.1. The number of alkyl halides is 1. The van der Waals surface area contributed by atoms with E-state index in [1.807, 2.05) is 36.4 Å². The van der Waals surface area contributed by atoms with Gasteiger partial charge in [-0.2, -0.15) is 10.4 Å². The summed E-state index contributed by atoms with van der Waals surface area (Å²) >= 11 is 0. The summed E-state index contributed by atoms with van der Waals surface area (Å²) in [5.41, 5.74) is 2.61. The molecule has 11 nitrogen and oxygen atoms in total. The first-order chi connectivity index (χ1) is 20.6. The molecule has 1 saturated carbocycles. The fraction of sp³-hybridized carbons (Fsp3) is 0.323. The second kappa shape index (κ2) is 10.7. The number of anilines is 2. The van der Waals surface area contributed by atoms with Crippen molar-refractivity contribution in [2.75, 3.05) is 25.0 Å². The molecule has 4 aromatic rings. The fourth-order valence-corrected chi connectivity index (χ4v) is 5.30. The van der Waals surface area contributed by atoms with E-state index in [0.717, 1.165) is 18.4 Å². The number of nitrogens with one attached hydrogen (secondary N) is 2. The summed E-state index contributed by atoms with van der Waals surface area (Å²) in [7, 11) is 0. The molecule has 2 amide bonds. The molecule has 0 radical (unpaired) electrons. The first kappa shape index (κ1) is 28.1. The molecule has 1 aliphatic heterocycles. The molecule has 2 aliphatic rings. The Morgan fingerprint density at radius 2 is 1.98 bits per heavy atom. The Morgan fingerprint density at radius 1 is 1.21 bits per heavy atom. The number of carbonyl (C=O) groups is 2. The van der Waals surface area contributed by atoms with Crippen LogP contribution in [-0.2, 0) is 10.3 Å². The van der Waals surface area contributed by atoms with Crippen LogP contribution < -0.4 is 10.6 Å². The Morgan fingerprint density at radius 3 is 2.63 bits per heavy atom. The number of rotatable bonds is 9. The van der Waals surface area contributed by atoms with Crippen LogP contribution in [0.5, 0.6) is 0 Å². The summed E-state index contributed by atoms with van der Waals surface area (Å²) < 4.78 is 21.2. The van der Waals surface area contributed by atoms with Gasteiger partial charge in [0, 0.05) is 11.9 Å². The largest absolute Gasteiger partial charge is 0.448 e. The lowest BCUT2D eigenvalue weighted by Crippen LogP contribution is -2.42. The van der Waals surface area contributed by atoms with Crippen LogP contribution in [0.1, 0.15) is 48.2 Å². The summed E-state index contributed by atoms with van der Waals surface area (Å²) in [6.07, 6.45) is 2.62. The molecular formula is C31H30FN7O4. The summed E-state index contributed by atoms with van der Waals surface area (Å²) in [4.78, 5) is 31.7. The summed E-state index contributed by atoms with van der Waals surface area (Å²) in [5, 5.41) is 29.4. The minimum absolute atomic E-state index is 0.176. The lowest BCUT2D eigenvalue weighted by Gasteiger charge is -2.26. The van der Waals surface area contributed by atoms with Gasteiger partial charge in [-0.25, -0.2) is 13.7 Å². The molecule has 0 spiro atoms. The van der Waals surface area contributed by atoms with E-state index in [2.05, 4.69) is 26.8 Å². The quantitative estimate of drug-likeness (QED) is 0.265. The number of carbonyl (C=O) groups excluding carboxylic acids is 2. The van der Waals surface area contributed by atoms with Gasteiger partial charge in [-0.1, -0.05) is 12.1 Å². The Kier molecular flexibility index (Phi) is 6.98. The molecule has 6 rings (SSSR count). The molecular weight excluding hydrogens is 553 g/mol. The Labute approximate surface area is 246 Å². The molecule has 43 heavy (non-hydrogen) atoms. The molecule has 1 saturated heterocycles. The Balaban J connectivity index is 1.31. The average Bonchev–Trinajstić information content (AvgIpc) is 3.49. The van der Waals surface area contributed by atoms with Crippen molar-refractivity contribution in [3.05, 3.63) is 77.6 Å². The molecule has 1 aromatic carbocycles. The van der Waals surface area contributed by atoms with Crippen LogP contribution in [0.4, 0.5) is 20.6 Å². The van der Waals surface area contributed by atoms with Gasteiger partial charge in [-0.05, 0) is 68.7 Å². The average molecular weight is 584 g/mol. The van der Waals surface area contributed by atoms with E-state index in [1.54, 1.807) is 21.5 Å². The highest BCUT2D eigenvalue weighted by molar-refractivity contribution is 6.00. The number of nitrogens with zero attached hydrogens (tertiary/aromatic N) is 5. The molecule has 0 bridgehead atoms. The highest BCUT2D eigenvalue weighted by Crippen LogP contribution is 2.52. The molecule has 12 heteroatoms. The zero-order valence-corrected chi connectivity index (χ0v) is 23.7. The van der Waals surface area contributed by atoms with E-state index >= 15 is 0 Å². The third-order valence-electron chi connectivity index (χ3n) is 7.95. The van der Waals surface area contributed by atoms with E-state index in [4.69, 9.17) is 4.74 Å². The van der Waals surface area contributed by atoms with Gasteiger partial charge in [0.15, 0.2) is 0 Å². The number of cyclic esters (lactones) is 1. The normalized spacial score (nSPS) is 16.4. The predicted molar refractivity (Wildman–Crippen MR) is 155 cm³/mol. The number of benzene rings is 1. The number of amides is 2. The predicted octanol–water partition coefficient (Wildman–Crippen LogP) is 4.29. The number of hydrogen-bond donors (Lipinski definition) is 3. The van der Waals surface area contributed by atoms with Crippen LogP contribution in [0.25, 0.3) is 16.9 Å². The number of aliphatic hydroxyl groups is 1. The second-order valence-corrected chi connectivity index (χ2v) is 11.4. The smallest absolute Gasteiger partial charge is 0.410 e. The van der Waals surface area contributed by atoms with Crippen molar-refractivity contribution in [1.29, 1.82) is 5.26 Å². The molecule has 3 N–H and O–H groups in total. The summed E-state index contributed by atoms with van der Waals surface area (Å²) in [6.45, 7) is 3.24. The van der Waals surface area contributed by atoms with Crippen LogP contribution >= 0.6 is 0 Å². The van der Waals surface area contributed by atoms with Gasteiger partial charge in [0.05, 0.1) is 64.1 Å². The van der Waals surface area contributed by atoms with E-state index in [-0.39, 0.29) is 23.7 Å². The maximum absolute atomic E-state index is 14.4. The van der Waals surface area contributed by atoms with Crippen molar-refractivity contribution in [1.82, 2.24) is 24.8 Å². The maximum atomic E-state index is 14.4. The molecule has 3 aromatic heterocycles. The van der Waals surface area contributed by atoms with Gasteiger partial charge in [0.25, 0.3) is 5.91 Å². The van der Waals surface area contributed by atoms with Crippen molar-refractivity contribution < 1.29 is 23.8 Å². The minimum Gasteiger partial charge on any atom is -0.448 e. The molecule has 4 heterocycles. The molecule has 1 aliphatic carbocycles. The minimum atomic E-state index is -1.67. The lowest BCUT2D eigenvalue weighted by molar-refractivity contribution is -0.00177. The number of hydrogen-bond acceptors (Lipinski definition) is 8. The number of pyridine rings is 1. The Bertz CT molecular complexity index is 1750. The summed E-state index contributed by atoms with van der Waals surface area (Å²) in [6, 6.07) is 16.8. The van der Waals surface area contributed by atoms with E-state index < -0.39 is 17.7 Å². The third-order valence-corrected chi connectivity index (χ3v) is 7.95. The van der Waals surface area contributed by atoms with Crippen molar-refractivity contribution in [3.63, 3.8) is 0 Å². The van der Waals surface area contributed by atoms with E-state index in [0.29, 0.717) is 47.0 Å². The van der Waals surface area contributed by atoms with Crippen molar-refractivity contribution in [2.24, 2.45) is 0 Å². The van der Waals surface area contributed by atoms with E-state index in [9.17, 15) is 24.3 Å². The number of fused-ring (bicyclic) bond motifs is 1. The zero-order valence-electron chi connectivity index (χ0n) is 23.7. The fourth-order valence-electron chi connectivity index (χ4n) is 5.30. The first-order valence-corrected chi connectivity index (χ1v) is 13.9. The maximum Gasteiger partial charge on any atom is 0.410 e.